The Bertz CT molecular complexity index is 632. The molecule has 0 saturated carbocycles. The molecule has 0 aliphatic carbocycles. The molecule has 21 heavy (non-hydrogen) atoms. The molecular formula is C16H17Cl2NO2. The van der Waals surface area contributed by atoms with E-state index in [0.29, 0.717) is 27.9 Å². The van der Waals surface area contributed by atoms with Gasteiger partial charge in [0.15, 0.2) is 11.5 Å². The normalized spacial score (nSPS) is 12.2. The highest BCUT2D eigenvalue weighted by molar-refractivity contribution is 6.31. The smallest absolute Gasteiger partial charge is 0.162 e. The topological polar surface area (TPSA) is 41.5 Å². The molecule has 0 aromatic heterocycles. The molecule has 0 spiro atoms. The van der Waals surface area contributed by atoms with Crippen LogP contribution in [0.2, 0.25) is 10.0 Å². The summed E-state index contributed by atoms with van der Waals surface area (Å²) in [4.78, 5) is 0. The SMILES string of the molecule is COc1cc(Cl)cc(CN[C@@H](C)c2cccc(Cl)c2)c1O. The third-order valence-corrected chi connectivity index (χ3v) is 3.74. The molecule has 0 aliphatic heterocycles. The minimum atomic E-state index is 0.0908. The second-order valence-corrected chi connectivity index (χ2v) is 5.65. The maximum atomic E-state index is 10.1. The van der Waals surface area contributed by atoms with Gasteiger partial charge in [-0.05, 0) is 30.7 Å². The molecule has 2 N–H and O–H groups in total. The van der Waals surface area contributed by atoms with Crippen molar-refractivity contribution in [2.45, 2.75) is 19.5 Å². The maximum absolute atomic E-state index is 10.1. The van der Waals surface area contributed by atoms with Gasteiger partial charge in [0.25, 0.3) is 0 Å². The van der Waals surface area contributed by atoms with Crippen LogP contribution in [0.4, 0.5) is 0 Å². The van der Waals surface area contributed by atoms with Gasteiger partial charge >= 0.3 is 0 Å². The van der Waals surface area contributed by atoms with Crippen molar-refractivity contribution in [3.05, 3.63) is 57.6 Å². The van der Waals surface area contributed by atoms with Crippen LogP contribution in [0.1, 0.15) is 24.1 Å². The molecule has 2 aromatic rings. The summed E-state index contributed by atoms with van der Waals surface area (Å²) in [6, 6.07) is 11.1. The predicted molar refractivity (Wildman–Crippen MR) is 86.4 cm³/mol. The number of phenols is 1. The number of phenolic OH excluding ortho intramolecular Hbond substituents is 1. The van der Waals surface area contributed by atoms with E-state index in [1.165, 1.54) is 7.11 Å². The maximum Gasteiger partial charge on any atom is 0.162 e. The summed E-state index contributed by atoms with van der Waals surface area (Å²) in [6.07, 6.45) is 0. The quantitative estimate of drug-likeness (QED) is 0.846. The fraction of sp³-hybridized carbons (Fsp3) is 0.250. The van der Waals surface area contributed by atoms with E-state index >= 15 is 0 Å². The monoisotopic (exact) mass is 325 g/mol. The summed E-state index contributed by atoms with van der Waals surface area (Å²) in [5, 5.41) is 14.7. The Hall–Kier alpha value is -1.42. The van der Waals surface area contributed by atoms with Crippen LogP contribution in [0.3, 0.4) is 0 Å². The lowest BCUT2D eigenvalue weighted by Crippen LogP contribution is -2.18. The van der Waals surface area contributed by atoms with Crippen LogP contribution in [-0.2, 0) is 6.54 Å². The van der Waals surface area contributed by atoms with Gasteiger partial charge in [-0.3, -0.25) is 0 Å². The first-order chi connectivity index (χ1) is 10.0. The van der Waals surface area contributed by atoms with Gasteiger partial charge in [0.05, 0.1) is 7.11 Å². The molecule has 0 unspecified atom stereocenters. The summed E-state index contributed by atoms with van der Waals surface area (Å²) < 4.78 is 5.09. The van der Waals surface area contributed by atoms with Crippen molar-refractivity contribution in [2.75, 3.05) is 7.11 Å². The average molecular weight is 326 g/mol. The number of methoxy groups -OCH3 is 1. The Morgan fingerprint density at radius 1 is 1.19 bits per heavy atom. The highest BCUT2D eigenvalue weighted by Gasteiger charge is 2.12. The number of ether oxygens (including phenoxy) is 1. The number of halogens is 2. The zero-order chi connectivity index (χ0) is 15.4. The third kappa shape index (κ3) is 4.03. The first-order valence-corrected chi connectivity index (χ1v) is 7.31. The van der Waals surface area contributed by atoms with Crippen molar-refractivity contribution >= 4 is 23.2 Å². The van der Waals surface area contributed by atoms with E-state index in [9.17, 15) is 5.11 Å². The summed E-state index contributed by atoms with van der Waals surface area (Å²) in [5.41, 5.74) is 1.77. The van der Waals surface area contributed by atoms with Crippen LogP contribution >= 0.6 is 23.2 Å². The van der Waals surface area contributed by atoms with Gasteiger partial charge in [0.1, 0.15) is 0 Å². The van der Waals surface area contributed by atoms with E-state index in [1.54, 1.807) is 12.1 Å². The van der Waals surface area contributed by atoms with Crippen molar-refractivity contribution in [2.24, 2.45) is 0 Å². The number of rotatable bonds is 5. The van der Waals surface area contributed by atoms with E-state index in [-0.39, 0.29) is 11.8 Å². The number of hydrogen-bond acceptors (Lipinski definition) is 3. The molecule has 2 aromatic carbocycles. The molecule has 2 rings (SSSR count). The number of aromatic hydroxyl groups is 1. The largest absolute Gasteiger partial charge is 0.504 e. The van der Waals surface area contributed by atoms with Gasteiger partial charge in [0, 0.05) is 34.3 Å². The Morgan fingerprint density at radius 2 is 1.95 bits per heavy atom. The van der Waals surface area contributed by atoms with Crippen molar-refractivity contribution in [3.63, 3.8) is 0 Å². The fourth-order valence-electron chi connectivity index (χ4n) is 2.08. The second kappa shape index (κ2) is 7.03. The summed E-state index contributed by atoms with van der Waals surface area (Å²) in [5.74, 6) is 0.474. The number of nitrogens with one attached hydrogen (secondary N) is 1. The average Bonchev–Trinajstić information content (AvgIpc) is 2.47. The summed E-state index contributed by atoms with van der Waals surface area (Å²) in [6.45, 7) is 2.50. The van der Waals surface area contributed by atoms with Gasteiger partial charge in [-0.1, -0.05) is 35.3 Å². The molecule has 112 valence electrons. The van der Waals surface area contributed by atoms with Gasteiger partial charge in [0.2, 0.25) is 0 Å². The van der Waals surface area contributed by atoms with Crippen molar-refractivity contribution < 1.29 is 9.84 Å². The Balaban J connectivity index is 2.11. The van der Waals surface area contributed by atoms with Crippen LogP contribution in [-0.4, -0.2) is 12.2 Å². The molecule has 0 fully saturated rings. The number of hydrogen-bond donors (Lipinski definition) is 2. The molecule has 0 aliphatic rings. The molecule has 0 heterocycles. The molecule has 0 bridgehead atoms. The Morgan fingerprint density at radius 3 is 2.62 bits per heavy atom. The first kappa shape index (κ1) is 16.0. The van der Waals surface area contributed by atoms with Crippen molar-refractivity contribution in [1.29, 1.82) is 0 Å². The molecule has 0 radical (unpaired) electrons. The van der Waals surface area contributed by atoms with Crippen LogP contribution in [0.15, 0.2) is 36.4 Å². The van der Waals surface area contributed by atoms with E-state index in [0.717, 1.165) is 5.56 Å². The van der Waals surface area contributed by atoms with Gasteiger partial charge in [-0.2, -0.15) is 0 Å². The summed E-state index contributed by atoms with van der Waals surface area (Å²) in [7, 11) is 1.50. The Labute approximate surface area is 134 Å². The van der Waals surface area contributed by atoms with Gasteiger partial charge < -0.3 is 15.2 Å². The van der Waals surface area contributed by atoms with Crippen LogP contribution in [0.25, 0.3) is 0 Å². The molecule has 0 amide bonds. The highest BCUT2D eigenvalue weighted by atomic mass is 35.5. The first-order valence-electron chi connectivity index (χ1n) is 6.55. The van der Waals surface area contributed by atoms with Gasteiger partial charge in [-0.15, -0.1) is 0 Å². The third-order valence-electron chi connectivity index (χ3n) is 3.29. The molecular weight excluding hydrogens is 309 g/mol. The van der Waals surface area contributed by atoms with Crippen LogP contribution < -0.4 is 10.1 Å². The van der Waals surface area contributed by atoms with Crippen molar-refractivity contribution in [3.8, 4) is 11.5 Å². The zero-order valence-electron chi connectivity index (χ0n) is 11.9. The minimum Gasteiger partial charge on any atom is -0.504 e. The lowest BCUT2D eigenvalue weighted by molar-refractivity contribution is 0.369. The van der Waals surface area contributed by atoms with E-state index < -0.39 is 0 Å². The standard InChI is InChI=1S/C16H17Cl2NO2/c1-10(11-4-3-5-13(17)6-11)19-9-12-7-14(18)8-15(21-2)16(12)20/h3-8,10,19-20H,9H2,1-2H3/t10-/m0/s1. The van der Waals surface area contributed by atoms with Crippen molar-refractivity contribution in [1.82, 2.24) is 5.32 Å². The highest BCUT2D eigenvalue weighted by Crippen LogP contribution is 2.33. The van der Waals surface area contributed by atoms with Gasteiger partial charge in [-0.25, -0.2) is 0 Å². The minimum absolute atomic E-state index is 0.0908. The molecule has 0 saturated heterocycles. The Kier molecular flexibility index (Phi) is 5.34. The zero-order valence-corrected chi connectivity index (χ0v) is 13.4. The molecule has 5 heteroatoms. The van der Waals surface area contributed by atoms with E-state index in [4.69, 9.17) is 27.9 Å². The van der Waals surface area contributed by atoms with Crippen LogP contribution in [0.5, 0.6) is 11.5 Å². The number of benzene rings is 2. The lowest BCUT2D eigenvalue weighted by Gasteiger charge is -2.16. The lowest BCUT2D eigenvalue weighted by atomic mass is 10.1. The fourth-order valence-corrected chi connectivity index (χ4v) is 2.51. The predicted octanol–water partition coefficient (Wildman–Crippen LogP) is 4.56. The molecule has 1 atom stereocenters. The molecule has 3 nitrogen and oxygen atoms in total. The van der Waals surface area contributed by atoms with E-state index in [1.807, 2.05) is 31.2 Å². The summed E-state index contributed by atoms with van der Waals surface area (Å²) >= 11 is 12.0. The second-order valence-electron chi connectivity index (χ2n) is 4.77. The van der Waals surface area contributed by atoms with E-state index in [2.05, 4.69) is 5.32 Å². The van der Waals surface area contributed by atoms with Crippen LogP contribution in [0, 0.1) is 0 Å².